The molecule has 0 saturated carbocycles. The van der Waals surface area contributed by atoms with Crippen molar-refractivity contribution in [2.24, 2.45) is 5.73 Å². The van der Waals surface area contributed by atoms with Crippen molar-refractivity contribution in [3.63, 3.8) is 0 Å². The second kappa shape index (κ2) is 4.50. The first-order chi connectivity index (χ1) is 9.61. The van der Waals surface area contributed by atoms with Crippen molar-refractivity contribution < 1.29 is 4.79 Å². The highest BCUT2D eigenvalue weighted by atomic mass is 32.1. The van der Waals surface area contributed by atoms with Crippen LogP contribution in [0.15, 0.2) is 6.33 Å². The van der Waals surface area contributed by atoms with Crippen LogP contribution in [-0.2, 0) is 13.1 Å². The van der Waals surface area contributed by atoms with Crippen LogP contribution in [0.25, 0.3) is 0 Å². The third-order valence-electron chi connectivity index (χ3n) is 3.20. The second-order valence-electron chi connectivity index (χ2n) is 4.36. The molecule has 1 amide bonds. The maximum atomic E-state index is 11.6. The normalized spacial score (nSPS) is 13.8. The third kappa shape index (κ3) is 1.78. The highest BCUT2D eigenvalue weighted by molar-refractivity contribution is 7.17. The van der Waals surface area contributed by atoms with Gasteiger partial charge in [0.25, 0.3) is 5.91 Å². The fraction of sp³-hybridized carbons (Fsp3) is 0.273. The number of carbonyl (C=O) groups excluding carboxylic acids is 1. The molecule has 3 heterocycles. The minimum atomic E-state index is -0.623. The summed E-state index contributed by atoms with van der Waals surface area (Å²) in [6, 6.07) is 1.99. The number of thiophene rings is 1. The lowest BCUT2D eigenvalue weighted by molar-refractivity contribution is 0.100. The molecule has 0 bridgehead atoms. The van der Waals surface area contributed by atoms with Gasteiger partial charge in [-0.1, -0.05) is 0 Å². The molecular formula is C11H11N7OS. The van der Waals surface area contributed by atoms with Gasteiger partial charge in [-0.3, -0.25) is 4.79 Å². The molecule has 1 aliphatic rings. The number of fused-ring (bicyclic) bond motifs is 1. The molecule has 4 N–H and O–H groups in total. The molecule has 0 saturated heterocycles. The van der Waals surface area contributed by atoms with E-state index in [0.717, 1.165) is 5.82 Å². The minimum absolute atomic E-state index is 0.159. The van der Waals surface area contributed by atoms with Crippen LogP contribution in [0.2, 0.25) is 0 Å². The maximum absolute atomic E-state index is 11.6. The monoisotopic (exact) mass is 289 g/mol. The van der Waals surface area contributed by atoms with Gasteiger partial charge in [0.2, 0.25) is 0 Å². The SMILES string of the molecule is N#Cc1sc(N2CCn3cnnc3C2)c(C(N)=O)c1N. The quantitative estimate of drug-likeness (QED) is 0.795. The van der Waals surface area contributed by atoms with E-state index in [2.05, 4.69) is 10.2 Å². The summed E-state index contributed by atoms with van der Waals surface area (Å²) in [4.78, 5) is 13.8. The number of rotatable bonds is 2. The Morgan fingerprint density at radius 2 is 2.30 bits per heavy atom. The third-order valence-corrected chi connectivity index (χ3v) is 4.37. The summed E-state index contributed by atoms with van der Waals surface area (Å²) in [5.41, 5.74) is 11.6. The number of anilines is 2. The van der Waals surface area contributed by atoms with Crippen molar-refractivity contribution in [1.82, 2.24) is 14.8 Å². The molecule has 9 heteroatoms. The summed E-state index contributed by atoms with van der Waals surface area (Å²) in [5, 5.41) is 17.5. The standard InChI is InChI=1S/C11H11N7OS/c12-3-6-9(13)8(10(14)19)11(20-6)17-1-2-18-5-15-16-7(18)4-17/h5H,1-2,4,13H2,(H2,14,19). The molecule has 0 spiro atoms. The van der Waals surface area contributed by atoms with E-state index in [1.807, 2.05) is 15.5 Å². The van der Waals surface area contributed by atoms with Crippen LogP contribution in [0.5, 0.6) is 0 Å². The lowest BCUT2D eigenvalue weighted by Gasteiger charge is -2.28. The number of nitrogen functional groups attached to an aromatic ring is 1. The van der Waals surface area contributed by atoms with Crippen molar-refractivity contribution >= 4 is 27.9 Å². The molecule has 1 aliphatic heterocycles. The van der Waals surface area contributed by atoms with E-state index >= 15 is 0 Å². The Morgan fingerprint density at radius 3 is 3.00 bits per heavy atom. The second-order valence-corrected chi connectivity index (χ2v) is 5.36. The predicted molar refractivity (Wildman–Crippen MR) is 73.0 cm³/mol. The molecule has 20 heavy (non-hydrogen) atoms. The van der Waals surface area contributed by atoms with Gasteiger partial charge in [-0.15, -0.1) is 21.5 Å². The van der Waals surface area contributed by atoms with E-state index in [9.17, 15) is 4.79 Å². The predicted octanol–water partition coefficient (Wildman–Crippen LogP) is -0.0874. The van der Waals surface area contributed by atoms with Gasteiger partial charge in [-0.05, 0) is 0 Å². The Balaban J connectivity index is 2.03. The first-order valence-electron chi connectivity index (χ1n) is 5.85. The Bertz CT molecular complexity index is 726. The number of nitriles is 1. The maximum Gasteiger partial charge on any atom is 0.253 e. The number of amides is 1. The van der Waals surface area contributed by atoms with Crippen LogP contribution in [0, 0.1) is 11.3 Å². The fourth-order valence-electron chi connectivity index (χ4n) is 2.21. The lowest BCUT2D eigenvalue weighted by atomic mass is 10.2. The first kappa shape index (κ1) is 12.4. The largest absolute Gasteiger partial charge is 0.396 e. The van der Waals surface area contributed by atoms with Crippen LogP contribution < -0.4 is 16.4 Å². The zero-order valence-electron chi connectivity index (χ0n) is 10.4. The van der Waals surface area contributed by atoms with Gasteiger partial charge >= 0.3 is 0 Å². The molecule has 0 radical (unpaired) electrons. The molecule has 0 fully saturated rings. The van der Waals surface area contributed by atoms with E-state index < -0.39 is 5.91 Å². The fourth-order valence-corrected chi connectivity index (χ4v) is 3.26. The van der Waals surface area contributed by atoms with Gasteiger partial charge in [0.05, 0.1) is 17.8 Å². The van der Waals surface area contributed by atoms with Gasteiger partial charge in [0.1, 0.15) is 22.3 Å². The summed E-state index contributed by atoms with van der Waals surface area (Å²) in [6.45, 7) is 1.89. The van der Waals surface area contributed by atoms with Gasteiger partial charge in [-0.2, -0.15) is 5.26 Å². The molecule has 0 atom stereocenters. The summed E-state index contributed by atoms with van der Waals surface area (Å²) in [7, 11) is 0. The number of carbonyl (C=O) groups is 1. The number of hydrogen-bond donors (Lipinski definition) is 2. The molecule has 0 unspecified atom stereocenters. The zero-order valence-corrected chi connectivity index (χ0v) is 11.2. The highest BCUT2D eigenvalue weighted by Gasteiger charge is 2.27. The van der Waals surface area contributed by atoms with Gasteiger partial charge < -0.3 is 20.9 Å². The van der Waals surface area contributed by atoms with Gasteiger partial charge in [0, 0.05) is 13.1 Å². The average Bonchev–Trinajstić information content (AvgIpc) is 3.01. The minimum Gasteiger partial charge on any atom is -0.396 e. The molecule has 2 aromatic heterocycles. The molecule has 102 valence electrons. The number of primary amides is 1. The zero-order chi connectivity index (χ0) is 14.3. The molecular weight excluding hydrogens is 278 g/mol. The Morgan fingerprint density at radius 1 is 1.50 bits per heavy atom. The number of hydrogen-bond acceptors (Lipinski definition) is 7. The van der Waals surface area contributed by atoms with E-state index in [0.29, 0.717) is 29.5 Å². The van der Waals surface area contributed by atoms with Crippen molar-refractivity contribution in [2.75, 3.05) is 17.2 Å². The van der Waals surface area contributed by atoms with E-state index in [1.165, 1.54) is 11.3 Å². The van der Waals surface area contributed by atoms with E-state index in [1.54, 1.807) is 6.33 Å². The number of nitrogens with zero attached hydrogens (tertiary/aromatic N) is 5. The molecule has 3 rings (SSSR count). The van der Waals surface area contributed by atoms with Crippen LogP contribution >= 0.6 is 11.3 Å². The Hall–Kier alpha value is -2.60. The number of aromatic nitrogens is 3. The smallest absolute Gasteiger partial charge is 0.253 e. The highest BCUT2D eigenvalue weighted by Crippen LogP contribution is 2.38. The van der Waals surface area contributed by atoms with Crippen molar-refractivity contribution in [1.29, 1.82) is 5.26 Å². The van der Waals surface area contributed by atoms with Crippen LogP contribution in [0.3, 0.4) is 0 Å². The van der Waals surface area contributed by atoms with Gasteiger partial charge in [0.15, 0.2) is 5.82 Å². The van der Waals surface area contributed by atoms with Crippen molar-refractivity contribution in [2.45, 2.75) is 13.1 Å². The molecule has 0 aliphatic carbocycles. The first-order valence-corrected chi connectivity index (χ1v) is 6.67. The summed E-state index contributed by atoms with van der Waals surface area (Å²) >= 11 is 1.18. The van der Waals surface area contributed by atoms with E-state index in [-0.39, 0.29) is 11.3 Å². The Kier molecular flexibility index (Phi) is 2.80. The van der Waals surface area contributed by atoms with Gasteiger partial charge in [-0.25, -0.2) is 0 Å². The average molecular weight is 289 g/mol. The molecule has 8 nitrogen and oxygen atoms in total. The molecule has 2 aromatic rings. The van der Waals surface area contributed by atoms with Crippen LogP contribution in [0.1, 0.15) is 21.1 Å². The summed E-state index contributed by atoms with van der Waals surface area (Å²) in [5.74, 6) is 0.180. The van der Waals surface area contributed by atoms with E-state index in [4.69, 9.17) is 16.7 Å². The lowest BCUT2D eigenvalue weighted by Crippen LogP contribution is -2.34. The molecule has 0 aromatic carbocycles. The van der Waals surface area contributed by atoms with Crippen LogP contribution in [-0.4, -0.2) is 27.2 Å². The number of nitrogens with two attached hydrogens (primary N) is 2. The van der Waals surface area contributed by atoms with Crippen LogP contribution in [0.4, 0.5) is 10.7 Å². The topological polar surface area (TPSA) is 127 Å². The Labute approximate surface area is 118 Å². The van der Waals surface area contributed by atoms with Crippen molar-refractivity contribution in [3.8, 4) is 6.07 Å². The summed E-state index contributed by atoms with van der Waals surface area (Å²) in [6.07, 6.45) is 1.67. The van der Waals surface area contributed by atoms with Crippen molar-refractivity contribution in [3.05, 3.63) is 22.6 Å². The summed E-state index contributed by atoms with van der Waals surface area (Å²) < 4.78 is 1.95.